The van der Waals surface area contributed by atoms with Gasteiger partial charge in [0.2, 0.25) is 5.78 Å². The predicted octanol–water partition coefficient (Wildman–Crippen LogP) is 6.75. The van der Waals surface area contributed by atoms with Gasteiger partial charge in [-0.25, -0.2) is 4.98 Å². The lowest BCUT2D eigenvalue weighted by molar-refractivity contribution is 0.103. The van der Waals surface area contributed by atoms with Crippen molar-refractivity contribution < 1.29 is 9.53 Å². The van der Waals surface area contributed by atoms with E-state index in [1.165, 1.54) is 0 Å². The zero-order chi connectivity index (χ0) is 24.0. The van der Waals surface area contributed by atoms with Gasteiger partial charge < -0.3 is 14.2 Å². The summed E-state index contributed by atoms with van der Waals surface area (Å²) >= 11 is 14.0. The third kappa shape index (κ3) is 6.34. The summed E-state index contributed by atoms with van der Waals surface area (Å²) in [5.41, 5.74) is 2.64. The van der Waals surface area contributed by atoms with Crippen molar-refractivity contribution >= 4 is 40.7 Å². The monoisotopic (exact) mass is 503 g/mol. The van der Waals surface area contributed by atoms with Gasteiger partial charge in [-0.15, -0.1) is 0 Å². The van der Waals surface area contributed by atoms with Crippen LogP contribution in [0.4, 0.5) is 0 Å². The van der Waals surface area contributed by atoms with Gasteiger partial charge in [0.15, 0.2) is 5.16 Å². The average Bonchev–Trinajstić information content (AvgIpc) is 3.23. The van der Waals surface area contributed by atoms with Crippen LogP contribution in [0.5, 0.6) is 5.75 Å². The molecule has 0 bridgehead atoms. The topological polar surface area (TPSA) is 47.4 Å². The van der Waals surface area contributed by atoms with Crippen LogP contribution in [-0.2, 0) is 5.75 Å². The average molecular weight is 504 g/mol. The van der Waals surface area contributed by atoms with E-state index in [9.17, 15) is 4.79 Å². The van der Waals surface area contributed by atoms with Crippen LogP contribution in [0, 0.1) is 0 Å². The summed E-state index contributed by atoms with van der Waals surface area (Å²) in [6, 6.07) is 13.4. The van der Waals surface area contributed by atoms with Gasteiger partial charge >= 0.3 is 0 Å². The van der Waals surface area contributed by atoms with Crippen LogP contribution >= 0.6 is 35.0 Å². The second-order valence-electron chi connectivity index (χ2n) is 7.67. The number of methoxy groups -OCH3 is 1. The largest absolute Gasteiger partial charge is 0.497 e. The summed E-state index contributed by atoms with van der Waals surface area (Å²) < 4.78 is 7.25. The molecule has 0 aliphatic carbocycles. The summed E-state index contributed by atoms with van der Waals surface area (Å²) in [6.45, 7) is 2.08. The van der Waals surface area contributed by atoms with Crippen molar-refractivity contribution in [2.24, 2.45) is 0 Å². The Morgan fingerprint density at radius 1 is 1.18 bits per heavy atom. The lowest BCUT2D eigenvalue weighted by Gasteiger charge is -2.22. The molecule has 3 rings (SSSR count). The molecule has 0 aliphatic heterocycles. The molecule has 0 saturated heterocycles. The summed E-state index contributed by atoms with van der Waals surface area (Å²) in [6.07, 6.45) is 5.71. The number of aromatic nitrogens is 2. The Morgan fingerprint density at radius 2 is 1.91 bits per heavy atom. The van der Waals surface area contributed by atoms with E-state index < -0.39 is 0 Å². The highest BCUT2D eigenvalue weighted by atomic mass is 35.5. The molecule has 33 heavy (non-hydrogen) atoms. The Hall–Kier alpha value is -2.41. The molecule has 1 unspecified atom stereocenters. The number of imidazole rings is 1. The molecule has 0 fully saturated rings. The smallest absolute Gasteiger partial charge is 0.205 e. The lowest BCUT2D eigenvalue weighted by atomic mass is 10.0. The maximum absolute atomic E-state index is 13.1. The predicted molar refractivity (Wildman–Crippen MR) is 137 cm³/mol. The molecule has 0 spiro atoms. The second-order valence-corrected chi connectivity index (χ2v) is 9.43. The summed E-state index contributed by atoms with van der Waals surface area (Å²) in [5, 5.41) is 1.76. The normalized spacial score (nSPS) is 12.2. The Bertz CT molecular complexity index is 1130. The number of benzene rings is 2. The molecule has 0 aliphatic rings. The quantitative estimate of drug-likeness (QED) is 0.174. The minimum Gasteiger partial charge on any atom is -0.497 e. The molecule has 1 heterocycles. The molecule has 174 valence electrons. The first-order valence-electron chi connectivity index (χ1n) is 10.5. The fourth-order valence-corrected chi connectivity index (χ4v) is 4.68. The first kappa shape index (κ1) is 25.2. The highest BCUT2D eigenvalue weighted by molar-refractivity contribution is 7.98. The molecule has 1 atom stereocenters. The third-order valence-corrected chi connectivity index (χ3v) is 6.87. The van der Waals surface area contributed by atoms with Gasteiger partial charge in [0.25, 0.3) is 0 Å². The molecule has 0 amide bonds. The van der Waals surface area contributed by atoms with E-state index >= 15 is 0 Å². The molecule has 5 nitrogen and oxygen atoms in total. The van der Waals surface area contributed by atoms with Crippen molar-refractivity contribution in [3.8, 4) is 5.75 Å². The highest BCUT2D eigenvalue weighted by Gasteiger charge is 2.23. The number of carbonyl (C=O) groups excluding carboxylic acids is 1. The summed E-state index contributed by atoms with van der Waals surface area (Å²) in [4.78, 5) is 19.5. The number of rotatable bonds is 10. The molecular weight excluding hydrogens is 477 g/mol. The van der Waals surface area contributed by atoms with Gasteiger partial charge in [-0.1, -0.05) is 60.1 Å². The minimum atomic E-state index is -0.118. The van der Waals surface area contributed by atoms with E-state index in [2.05, 4.69) is 11.9 Å². The zero-order valence-electron chi connectivity index (χ0n) is 19.1. The van der Waals surface area contributed by atoms with Crippen LogP contribution in [0.25, 0.3) is 0 Å². The Morgan fingerprint density at radius 3 is 2.52 bits per heavy atom. The second kappa shape index (κ2) is 11.6. The molecule has 8 heteroatoms. The van der Waals surface area contributed by atoms with E-state index in [-0.39, 0.29) is 11.8 Å². The first-order valence-corrected chi connectivity index (χ1v) is 12.2. The number of ketones is 1. The molecular formula is C25H27Cl2N3O2S. The fourth-order valence-electron chi connectivity index (χ4n) is 3.39. The van der Waals surface area contributed by atoms with Gasteiger partial charge in [-0.3, -0.25) is 4.79 Å². The van der Waals surface area contributed by atoms with E-state index in [1.54, 1.807) is 43.4 Å². The first-order chi connectivity index (χ1) is 15.8. The fraction of sp³-hybridized carbons (Fsp3) is 0.280. The Balaban J connectivity index is 1.99. The number of carbonyl (C=O) groups is 1. The van der Waals surface area contributed by atoms with Gasteiger partial charge in [0.05, 0.1) is 29.4 Å². The van der Waals surface area contributed by atoms with Crippen LogP contribution < -0.4 is 4.74 Å². The van der Waals surface area contributed by atoms with E-state index in [0.29, 0.717) is 21.5 Å². The maximum Gasteiger partial charge on any atom is 0.205 e. The van der Waals surface area contributed by atoms with Crippen LogP contribution in [0.3, 0.4) is 0 Å². The van der Waals surface area contributed by atoms with Crippen LogP contribution in [-0.4, -0.2) is 41.4 Å². The molecule has 1 aromatic heterocycles. The van der Waals surface area contributed by atoms with E-state index in [4.69, 9.17) is 27.9 Å². The van der Waals surface area contributed by atoms with E-state index in [0.717, 1.165) is 28.5 Å². The van der Waals surface area contributed by atoms with Crippen molar-refractivity contribution in [3.63, 3.8) is 0 Å². The molecule has 2 aromatic carbocycles. The van der Waals surface area contributed by atoms with Gasteiger partial charge in [-0.2, -0.15) is 0 Å². The van der Waals surface area contributed by atoms with Gasteiger partial charge in [0, 0.05) is 32.1 Å². The van der Waals surface area contributed by atoms with Crippen molar-refractivity contribution in [1.29, 1.82) is 0 Å². The SMILES string of the molecule is CCC(c1ccc(Cl)c(Cl)c1)n1c(C(=O)C=CN(C)C)cnc1SCc1ccc(OC)cc1. The van der Waals surface area contributed by atoms with Crippen molar-refractivity contribution in [2.75, 3.05) is 21.2 Å². The third-order valence-electron chi connectivity index (χ3n) is 5.09. The van der Waals surface area contributed by atoms with E-state index in [1.807, 2.05) is 60.0 Å². The maximum atomic E-state index is 13.1. The van der Waals surface area contributed by atoms with Crippen LogP contribution in [0.2, 0.25) is 10.0 Å². The zero-order valence-corrected chi connectivity index (χ0v) is 21.4. The summed E-state index contributed by atoms with van der Waals surface area (Å²) in [7, 11) is 5.40. The number of halogens is 2. The van der Waals surface area contributed by atoms with Crippen molar-refractivity contribution in [2.45, 2.75) is 30.3 Å². The lowest BCUT2D eigenvalue weighted by Crippen LogP contribution is -2.17. The van der Waals surface area contributed by atoms with Crippen LogP contribution in [0.15, 0.2) is 66.1 Å². The Kier molecular flexibility index (Phi) is 8.89. The van der Waals surface area contributed by atoms with Crippen molar-refractivity contribution in [3.05, 3.63) is 87.8 Å². The molecule has 0 radical (unpaired) electrons. The molecule has 0 saturated carbocycles. The summed E-state index contributed by atoms with van der Waals surface area (Å²) in [5.74, 6) is 1.42. The number of thioether (sulfide) groups is 1. The number of ether oxygens (including phenoxy) is 1. The number of hydrogen-bond donors (Lipinski definition) is 0. The number of hydrogen-bond acceptors (Lipinski definition) is 5. The standard InChI is InChI=1S/C25H27Cl2N3O2S/c1-5-22(18-8-11-20(26)21(27)14-18)30-23(24(31)12-13-29(2)3)15-28-25(30)33-16-17-6-9-19(32-4)10-7-17/h6-15,22H,5,16H2,1-4H3. The van der Waals surface area contributed by atoms with Crippen molar-refractivity contribution in [1.82, 2.24) is 14.5 Å². The highest BCUT2D eigenvalue weighted by Crippen LogP contribution is 2.34. The van der Waals surface area contributed by atoms with Crippen LogP contribution in [0.1, 0.15) is 41.0 Å². The van der Waals surface area contributed by atoms with Gasteiger partial charge in [0.1, 0.15) is 11.4 Å². The van der Waals surface area contributed by atoms with Gasteiger partial charge in [-0.05, 0) is 41.8 Å². The number of nitrogens with zero attached hydrogens (tertiary/aromatic N) is 3. The Labute approximate surface area is 209 Å². The minimum absolute atomic E-state index is 0.106. The number of allylic oxidation sites excluding steroid dienone is 1. The molecule has 3 aromatic rings. The molecule has 0 N–H and O–H groups in total.